The predicted molar refractivity (Wildman–Crippen MR) is 60.7 cm³/mol. The maximum absolute atomic E-state index is 12.0. The molecule has 0 bridgehead atoms. The van der Waals surface area contributed by atoms with Crippen molar-refractivity contribution in [1.29, 1.82) is 0 Å². The molecular formula is C10H16N2O4S. The first-order chi connectivity index (χ1) is 7.78. The number of rotatable bonds is 3. The minimum Gasteiger partial charge on any atom is -0.389 e. The van der Waals surface area contributed by atoms with Crippen LogP contribution in [-0.4, -0.2) is 41.7 Å². The van der Waals surface area contributed by atoms with Gasteiger partial charge in [0.2, 0.25) is 10.0 Å². The van der Waals surface area contributed by atoms with E-state index in [0.29, 0.717) is 24.4 Å². The molecule has 0 saturated carbocycles. The maximum atomic E-state index is 12.0. The van der Waals surface area contributed by atoms with Gasteiger partial charge < -0.3 is 9.63 Å². The van der Waals surface area contributed by atoms with Crippen molar-refractivity contribution >= 4 is 10.0 Å². The molecule has 0 aromatic carbocycles. The number of hydrogen-bond acceptors (Lipinski definition) is 5. The minimum atomic E-state index is -3.42. The summed E-state index contributed by atoms with van der Waals surface area (Å²) in [7, 11) is -3.42. The molecule has 2 rings (SSSR count). The van der Waals surface area contributed by atoms with E-state index in [9.17, 15) is 13.5 Å². The van der Waals surface area contributed by atoms with Crippen molar-refractivity contribution in [2.75, 3.05) is 13.1 Å². The molecule has 0 spiro atoms. The fourth-order valence-corrected chi connectivity index (χ4v) is 3.44. The van der Waals surface area contributed by atoms with Crippen LogP contribution in [0.4, 0.5) is 0 Å². The van der Waals surface area contributed by atoms with Crippen LogP contribution in [0.5, 0.6) is 0 Å². The summed E-state index contributed by atoms with van der Waals surface area (Å²) >= 11 is 0. The van der Waals surface area contributed by atoms with Gasteiger partial charge in [-0.2, -0.15) is 4.31 Å². The zero-order valence-electron chi connectivity index (χ0n) is 9.88. The van der Waals surface area contributed by atoms with Crippen molar-refractivity contribution < 1.29 is 18.0 Å². The van der Waals surface area contributed by atoms with Gasteiger partial charge in [-0.05, 0) is 20.3 Å². The highest BCUT2D eigenvalue weighted by Gasteiger charge is 2.37. The smallest absolute Gasteiger partial charge is 0.220 e. The van der Waals surface area contributed by atoms with Crippen LogP contribution < -0.4 is 0 Å². The number of aryl methyl sites for hydroxylation is 1. The summed E-state index contributed by atoms with van der Waals surface area (Å²) in [4.78, 5) is 0. The van der Waals surface area contributed by atoms with Crippen molar-refractivity contribution in [1.82, 2.24) is 9.46 Å². The summed E-state index contributed by atoms with van der Waals surface area (Å²) in [6.45, 7) is 3.85. The molecule has 1 aromatic heterocycles. The van der Waals surface area contributed by atoms with Crippen molar-refractivity contribution in [2.24, 2.45) is 0 Å². The predicted octanol–water partition coefficient (Wildman–Crippen LogP) is 0.270. The zero-order chi connectivity index (χ0) is 12.7. The van der Waals surface area contributed by atoms with Crippen LogP contribution in [0.2, 0.25) is 0 Å². The van der Waals surface area contributed by atoms with Crippen LogP contribution in [-0.2, 0) is 15.8 Å². The van der Waals surface area contributed by atoms with Crippen LogP contribution in [0.25, 0.3) is 0 Å². The molecule has 0 amide bonds. The van der Waals surface area contributed by atoms with Gasteiger partial charge in [-0.3, -0.25) is 0 Å². The van der Waals surface area contributed by atoms with Gasteiger partial charge in [-0.15, -0.1) is 0 Å². The maximum Gasteiger partial charge on any atom is 0.220 e. The molecule has 1 saturated heterocycles. The highest BCUT2D eigenvalue weighted by molar-refractivity contribution is 7.88. The summed E-state index contributed by atoms with van der Waals surface area (Å²) in [6.07, 6.45) is 0.462. The molecule has 1 N–H and O–H groups in total. The van der Waals surface area contributed by atoms with Crippen LogP contribution in [0.1, 0.15) is 24.8 Å². The van der Waals surface area contributed by atoms with Crippen LogP contribution in [0.15, 0.2) is 10.6 Å². The molecule has 1 atom stereocenters. The molecule has 1 fully saturated rings. The third-order valence-electron chi connectivity index (χ3n) is 2.82. The largest absolute Gasteiger partial charge is 0.389 e. The molecule has 1 aromatic rings. The SMILES string of the molecule is Cc1cc(CS(=O)(=O)N2CCC(C)(O)C2)no1. The number of hydrogen-bond donors (Lipinski definition) is 1. The summed E-state index contributed by atoms with van der Waals surface area (Å²) in [5.74, 6) is 0.407. The van der Waals surface area contributed by atoms with E-state index >= 15 is 0 Å². The van der Waals surface area contributed by atoms with Gasteiger partial charge in [0.1, 0.15) is 17.2 Å². The number of β-amino-alcohol motifs (C(OH)–C–C–N with tert-alkyl or cyclic N) is 1. The Kier molecular flexibility index (Phi) is 3.01. The van der Waals surface area contributed by atoms with Gasteiger partial charge in [-0.1, -0.05) is 5.16 Å². The van der Waals surface area contributed by atoms with Gasteiger partial charge in [0.05, 0.1) is 5.60 Å². The molecule has 96 valence electrons. The average Bonchev–Trinajstić information content (AvgIpc) is 2.72. The number of nitrogens with zero attached hydrogens (tertiary/aromatic N) is 2. The number of aliphatic hydroxyl groups is 1. The standard InChI is InChI=1S/C10H16N2O4S/c1-8-5-9(11-16-8)6-17(14,15)12-4-3-10(2,13)7-12/h5,13H,3-4,6-7H2,1-2H3. The third-order valence-corrected chi connectivity index (χ3v) is 4.58. The van der Waals surface area contributed by atoms with Gasteiger partial charge in [0, 0.05) is 19.2 Å². The normalized spacial score (nSPS) is 26.5. The molecule has 2 heterocycles. The molecule has 0 radical (unpaired) electrons. The molecular weight excluding hydrogens is 244 g/mol. The molecule has 1 unspecified atom stereocenters. The molecule has 17 heavy (non-hydrogen) atoms. The van der Waals surface area contributed by atoms with Gasteiger partial charge in [0.15, 0.2) is 0 Å². The van der Waals surface area contributed by atoms with E-state index < -0.39 is 15.6 Å². The van der Waals surface area contributed by atoms with Crippen molar-refractivity contribution in [2.45, 2.75) is 31.6 Å². The first-order valence-electron chi connectivity index (χ1n) is 5.41. The van der Waals surface area contributed by atoms with E-state index in [2.05, 4.69) is 5.16 Å². The van der Waals surface area contributed by atoms with E-state index in [4.69, 9.17) is 4.52 Å². The Morgan fingerprint density at radius 3 is 2.82 bits per heavy atom. The van der Waals surface area contributed by atoms with Gasteiger partial charge in [0.25, 0.3) is 0 Å². The van der Waals surface area contributed by atoms with E-state index in [-0.39, 0.29) is 12.3 Å². The molecule has 7 heteroatoms. The topological polar surface area (TPSA) is 83.6 Å². The Morgan fingerprint density at radius 1 is 1.65 bits per heavy atom. The molecule has 0 aliphatic carbocycles. The fourth-order valence-electron chi connectivity index (χ4n) is 1.91. The molecule has 1 aliphatic rings. The van der Waals surface area contributed by atoms with Crippen LogP contribution >= 0.6 is 0 Å². The monoisotopic (exact) mass is 260 g/mol. The second-order valence-electron chi connectivity index (χ2n) is 4.77. The fraction of sp³-hybridized carbons (Fsp3) is 0.700. The second kappa shape index (κ2) is 4.08. The summed E-state index contributed by atoms with van der Waals surface area (Å²) in [6, 6.07) is 1.60. The van der Waals surface area contributed by atoms with Gasteiger partial charge >= 0.3 is 0 Å². The summed E-state index contributed by atoms with van der Waals surface area (Å²) < 4.78 is 30.2. The molecule has 6 nitrogen and oxygen atoms in total. The quantitative estimate of drug-likeness (QED) is 0.843. The lowest BCUT2D eigenvalue weighted by molar-refractivity contribution is 0.0762. The van der Waals surface area contributed by atoms with Crippen LogP contribution in [0.3, 0.4) is 0 Å². The Labute approximate surface area is 100 Å². The Morgan fingerprint density at radius 2 is 2.35 bits per heavy atom. The van der Waals surface area contributed by atoms with Crippen molar-refractivity contribution in [3.63, 3.8) is 0 Å². The Hall–Kier alpha value is -0.920. The summed E-state index contributed by atoms with van der Waals surface area (Å²) in [5.41, 5.74) is -0.527. The third kappa shape index (κ3) is 2.85. The van der Waals surface area contributed by atoms with E-state index in [0.717, 1.165) is 0 Å². The summed E-state index contributed by atoms with van der Waals surface area (Å²) in [5, 5.41) is 13.4. The van der Waals surface area contributed by atoms with Crippen LogP contribution in [0, 0.1) is 6.92 Å². The van der Waals surface area contributed by atoms with E-state index in [1.165, 1.54) is 4.31 Å². The lowest BCUT2D eigenvalue weighted by Gasteiger charge is -2.18. The average molecular weight is 260 g/mol. The second-order valence-corrected chi connectivity index (χ2v) is 6.73. The Bertz CT molecular complexity index is 506. The first-order valence-corrected chi connectivity index (χ1v) is 7.02. The van der Waals surface area contributed by atoms with Gasteiger partial charge in [-0.25, -0.2) is 8.42 Å². The van der Waals surface area contributed by atoms with Crippen molar-refractivity contribution in [3.05, 3.63) is 17.5 Å². The lowest BCUT2D eigenvalue weighted by Crippen LogP contribution is -2.34. The lowest BCUT2D eigenvalue weighted by atomic mass is 10.1. The van der Waals surface area contributed by atoms with E-state index in [1.807, 2.05) is 0 Å². The zero-order valence-corrected chi connectivity index (χ0v) is 10.7. The highest BCUT2D eigenvalue weighted by atomic mass is 32.2. The minimum absolute atomic E-state index is 0.145. The highest BCUT2D eigenvalue weighted by Crippen LogP contribution is 2.24. The number of sulfonamides is 1. The molecule has 1 aliphatic heterocycles. The van der Waals surface area contributed by atoms with Crippen molar-refractivity contribution in [3.8, 4) is 0 Å². The first kappa shape index (κ1) is 12.5. The number of aromatic nitrogens is 1. The van der Waals surface area contributed by atoms with E-state index in [1.54, 1.807) is 19.9 Å². The Balaban J connectivity index is 2.10.